The van der Waals surface area contributed by atoms with Gasteiger partial charge in [0.2, 0.25) is 0 Å². The summed E-state index contributed by atoms with van der Waals surface area (Å²) < 4.78 is 36.3. The number of pyridine rings is 1. The van der Waals surface area contributed by atoms with Gasteiger partial charge in [-0.1, -0.05) is 48.9 Å². The number of nitrogens with zero attached hydrogens (tertiary/aromatic N) is 10. The summed E-state index contributed by atoms with van der Waals surface area (Å²) in [5, 5.41) is 36.8. The lowest BCUT2D eigenvalue weighted by atomic mass is 9.85. The minimum atomic E-state index is -3.85. The molecule has 1 saturated heterocycles. The van der Waals surface area contributed by atoms with E-state index < -0.39 is 29.9 Å². The Morgan fingerprint density at radius 2 is 1.50 bits per heavy atom. The molecule has 1 aliphatic heterocycles. The summed E-state index contributed by atoms with van der Waals surface area (Å²) in [6, 6.07) is 23.8. The SMILES string of the molecule is CC[C@@H]([C@H](C)O)n1ncn(-c2ccc(N3CCN(c4ccc(-c5ccc(C(F)(F)C(O)(Cn6cnnn6)c6cccc(Cl)c6)nc5)cc4)CC3)cc2)c1=O. The van der Waals surface area contributed by atoms with Crippen molar-refractivity contribution in [1.82, 2.24) is 39.5 Å². The summed E-state index contributed by atoms with van der Waals surface area (Å²) in [4.78, 5) is 21.7. The number of benzene rings is 3. The first kappa shape index (κ1) is 36.8. The molecule has 7 rings (SSSR count). The van der Waals surface area contributed by atoms with Crippen molar-refractivity contribution < 1.29 is 19.0 Å². The smallest absolute Gasteiger partial charge is 0.350 e. The van der Waals surface area contributed by atoms with Gasteiger partial charge in [0.1, 0.15) is 18.3 Å². The van der Waals surface area contributed by atoms with Crippen molar-refractivity contribution in [2.75, 3.05) is 36.0 Å². The van der Waals surface area contributed by atoms with E-state index in [1.807, 2.05) is 55.5 Å². The van der Waals surface area contributed by atoms with Gasteiger partial charge in [0.15, 0.2) is 5.60 Å². The fraction of sp³-hybridized carbons (Fsp3) is 0.316. The zero-order valence-corrected chi connectivity index (χ0v) is 30.4. The number of tetrazole rings is 1. The van der Waals surface area contributed by atoms with Gasteiger partial charge in [0.25, 0.3) is 0 Å². The topological polar surface area (TPSA) is 143 Å². The second-order valence-electron chi connectivity index (χ2n) is 13.4. The van der Waals surface area contributed by atoms with Crippen molar-refractivity contribution in [2.24, 2.45) is 0 Å². The van der Waals surface area contributed by atoms with Crippen LogP contribution in [-0.4, -0.2) is 82.0 Å². The van der Waals surface area contributed by atoms with Crippen LogP contribution in [0.3, 0.4) is 0 Å². The third-order valence-electron chi connectivity index (χ3n) is 10.0. The van der Waals surface area contributed by atoms with Gasteiger partial charge in [-0.3, -0.25) is 4.98 Å². The lowest BCUT2D eigenvalue weighted by Crippen LogP contribution is -2.47. The molecule has 0 bridgehead atoms. The summed E-state index contributed by atoms with van der Waals surface area (Å²) >= 11 is 6.11. The van der Waals surface area contributed by atoms with Crippen LogP contribution >= 0.6 is 11.6 Å². The van der Waals surface area contributed by atoms with Gasteiger partial charge in [-0.25, -0.2) is 18.7 Å². The molecule has 0 saturated carbocycles. The Kier molecular flexibility index (Phi) is 10.3. The Morgan fingerprint density at radius 1 is 0.870 bits per heavy atom. The molecule has 1 unspecified atom stereocenters. The normalized spacial score (nSPS) is 15.9. The number of hydrogen-bond donors (Lipinski definition) is 2. The standard InChI is InChI=1S/C38H39ClF2N10O3/c1-3-34(26(2)52)51-36(53)50(25-44-51)33-14-12-32(13-15-33)48-19-17-47(18-20-48)31-10-7-27(8-11-31)28-9-16-35(42-22-28)38(40,41)37(54,23-49-24-43-45-46-49)29-5-4-6-30(39)21-29/h4-16,21-22,24-26,34,52,54H,3,17-20,23H2,1-2H3/t26-,34-,37?/m0/s1. The van der Waals surface area contributed by atoms with E-state index in [0.29, 0.717) is 17.7 Å². The second-order valence-corrected chi connectivity index (χ2v) is 13.8. The first-order valence-corrected chi connectivity index (χ1v) is 17.9. The average molecular weight is 757 g/mol. The van der Waals surface area contributed by atoms with E-state index in [1.165, 1.54) is 52.1 Å². The number of aliphatic hydroxyl groups is 2. The van der Waals surface area contributed by atoms with E-state index in [0.717, 1.165) is 54.1 Å². The molecule has 0 spiro atoms. The molecule has 3 atom stereocenters. The van der Waals surface area contributed by atoms with Crippen LogP contribution in [0.4, 0.5) is 20.2 Å². The van der Waals surface area contributed by atoms with Crippen LogP contribution in [-0.2, 0) is 18.1 Å². The molecule has 16 heteroatoms. The molecule has 6 aromatic rings. The molecule has 0 aliphatic carbocycles. The van der Waals surface area contributed by atoms with Gasteiger partial charge in [0, 0.05) is 54.3 Å². The Hall–Kier alpha value is -5.51. The maximum atomic E-state index is 16.2. The fourth-order valence-corrected chi connectivity index (χ4v) is 7.11. The summed E-state index contributed by atoms with van der Waals surface area (Å²) in [6.45, 7) is 6.09. The molecular weight excluding hydrogens is 718 g/mol. The molecule has 1 fully saturated rings. The Bertz CT molecular complexity index is 2220. The number of aliphatic hydroxyl groups excluding tert-OH is 1. The fourth-order valence-electron chi connectivity index (χ4n) is 6.92. The van der Waals surface area contributed by atoms with Gasteiger partial charge in [0.05, 0.1) is 24.4 Å². The monoisotopic (exact) mass is 756 g/mol. The highest BCUT2D eigenvalue weighted by atomic mass is 35.5. The van der Waals surface area contributed by atoms with E-state index in [9.17, 15) is 15.0 Å². The highest BCUT2D eigenvalue weighted by Gasteiger charge is 2.56. The van der Waals surface area contributed by atoms with Crippen LogP contribution in [0.1, 0.15) is 37.6 Å². The minimum Gasteiger partial charge on any atom is -0.391 e. The number of alkyl halides is 2. The van der Waals surface area contributed by atoms with Crippen LogP contribution in [0, 0.1) is 0 Å². The highest BCUT2D eigenvalue weighted by molar-refractivity contribution is 6.30. The van der Waals surface area contributed by atoms with Crippen molar-refractivity contribution in [2.45, 2.75) is 50.5 Å². The number of aromatic nitrogens is 8. The zero-order valence-electron chi connectivity index (χ0n) is 29.6. The number of hydrogen-bond acceptors (Lipinski definition) is 10. The van der Waals surface area contributed by atoms with Crippen molar-refractivity contribution in [3.63, 3.8) is 0 Å². The molecule has 0 radical (unpaired) electrons. The molecule has 3 aromatic heterocycles. The molecular formula is C38H39ClF2N10O3. The quantitative estimate of drug-likeness (QED) is 0.174. The summed E-state index contributed by atoms with van der Waals surface area (Å²) in [5.74, 6) is -3.85. The lowest BCUT2D eigenvalue weighted by molar-refractivity contribution is -0.206. The van der Waals surface area contributed by atoms with Crippen molar-refractivity contribution in [3.8, 4) is 16.8 Å². The molecule has 0 amide bonds. The van der Waals surface area contributed by atoms with Gasteiger partial charge >= 0.3 is 11.6 Å². The number of rotatable bonds is 12. The first-order chi connectivity index (χ1) is 26.0. The molecule has 3 aromatic carbocycles. The summed E-state index contributed by atoms with van der Waals surface area (Å²) in [5.41, 5.74) is 0.464. The lowest BCUT2D eigenvalue weighted by Gasteiger charge is -2.37. The van der Waals surface area contributed by atoms with Gasteiger partial charge in [-0.05, 0) is 89.5 Å². The van der Waals surface area contributed by atoms with Crippen molar-refractivity contribution in [3.05, 3.63) is 131 Å². The first-order valence-electron chi connectivity index (χ1n) is 17.6. The van der Waals surface area contributed by atoms with Crippen LogP contribution < -0.4 is 15.5 Å². The maximum Gasteiger partial charge on any atom is 0.350 e. The minimum absolute atomic E-state index is 0.104. The van der Waals surface area contributed by atoms with Crippen molar-refractivity contribution in [1.29, 1.82) is 0 Å². The summed E-state index contributed by atoms with van der Waals surface area (Å²) in [7, 11) is 0. The van der Waals surface area contributed by atoms with E-state index in [1.54, 1.807) is 13.0 Å². The summed E-state index contributed by atoms with van der Waals surface area (Å²) in [6.07, 6.45) is 3.91. The maximum absolute atomic E-state index is 16.2. The predicted octanol–water partition coefficient (Wildman–Crippen LogP) is 5.07. The molecule has 54 heavy (non-hydrogen) atoms. The van der Waals surface area contributed by atoms with E-state index in [2.05, 4.69) is 35.4 Å². The molecule has 13 nitrogen and oxygen atoms in total. The Balaban J connectivity index is 0.997. The average Bonchev–Trinajstić information content (AvgIpc) is 3.84. The van der Waals surface area contributed by atoms with E-state index >= 15 is 8.78 Å². The molecule has 2 N–H and O–H groups in total. The van der Waals surface area contributed by atoms with Crippen LogP contribution in [0.2, 0.25) is 5.02 Å². The predicted molar refractivity (Wildman–Crippen MR) is 200 cm³/mol. The van der Waals surface area contributed by atoms with Crippen LogP contribution in [0.25, 0.3) is 16.8 Å². The van der Waals surface area contributed by atoms with E-state index in [-0.39, 0.29) is 22.3 Å². The third-order valence-corrected chi connectivity index (χ3v) is 10.2. The molecule has 1 aliphatic rings. The van der Waals surface area contributed by atoms with E-state index in [4.69, 9.17) is 11.6 Å². The number of piperazine rings is 1. The highest BCUT2D eigenvalue weighted by Crippen LogP contribution is 2.46. The van der Waals surface area contributed by atoms with Gasteiger partial charge < -0.3 is 20.0 Å². The second kappa shape index (κ2) is 15.1. The number of anilines is 2. The van der Waals surface area contributed by atoms with Crippen LogP contribution in [0.5, 0.6) is 0 Å². The third kappa shape index (κ3) is 7.09. The number of halogens is 3. The largest absolute Gasteiger partial charge is 0.391 e. The van der Waals surface area contributed by atoms with Gasteiger partial charge in [-0.15, -0.1) is 5.10 Å². The van der Waals surface area contributed by atoms with Crippen molar-refractivity contribution >= 4 is 23.0 Å². The Morgan fingerprint density at radius 3 is 2.06 bits per heavy atom. The zero-order chi connectivity index (χ0) is 38.0. The van der Waals surface area contributed by atoms with Gasteiger partial charge in [-0.2, -0.15) is 13.9 Å². The Labute approximate surface area is 314 Å². The molecule has 280 valence electrons. The van der Waals surface area contributed by atoms with Crippen LogP contribution in [0.15, 0.2) is 109 Å². The molecule has 4 heterocycles.